The van der Waals surface area contributed by atoms with Gasteiger partial charge in [0.2, 0.25) is 5.91 Å². The van der Waals surface area contributed by atoms with Crippen LogP contribution in [0.4, 0.5) is 0 Å². The topological polar surface area (TPSA) is 46.3 Å². The third-order valence-corrected chi connectivity index (χ3v) is 5.11. The molecule has 0 radical (unpaired) electrons. The summed E-state index contributed by atoms with van der Waals surface area (Å²) in [5.74, 6) is 2.89. The number of nitrogens with two attached hydrogens (primary N) is 1. The zero-order chi connectivity index (χ0) is 11.8. The highest BCUT2D eigenvalue weighted by Crippen LogP contribution is 2.56. The predicted molar refractivity (Wildman–Crippen MR) is 67.3 cm³/mol. The van der Waals surface area contributed by atoms with Crippen molar-refractivity contribution < 1.29 is 4.79 Å². The molecule has 1 aliphatic heterocycles. The van der Waals surface area contributed by atoms with Crippen molar-refractivity contribution in [2.45, 2.75) is 38.5 Å². The van der Waals surface area contributed by atoms with Crippen molar-refractivity contribution in [2.24, 2.45) is 29.4 Å². The Kier molecular flexibility index (Phi) is 3.12. The average molecular weight is 236 g/mol. The lowest BCUT2D eigenvalue weighted by molar-refractivity contribution is -0.135. The first-order valence-corrected chi connectivity index (χ1v) is 7.30. The molecule has 0 aromatic rings. The second-order valence-electron chi connectivity index (χ2n) is 6.17. The highest BCUT2D eigenvalue weighted by molar-refractivity contribution is 5.82. The SMILES string of the molecule is NCC1CCCN(C(=O)C2C3CCCCC32)C1. The molecule has 0 spiro atoms. The van der Waals surface area contributed by atoms with Crippen molar-refractivity contribution in [2.75, 3.05) is 19.6 Å². The third-order valence-electron chi connectivity index (χ3n) is 5.11. The van der Waals surface area contributed by atoms with Crippen molar-refractivity contribution in [1.82, 2.24) is 4.90 Å². The van der Waals surface area contributed by atoms with Gasteiger partial charge >= 0.3 is 0 Å². The molecule has 17 heavy (non-hydrogen) atoms. The predicted octanol–water partition coefficient (Wildman–Crippen LogP) is 1.62. The monoisotopic (exact) mass is 236 g/mol. The largest absolute Gasteiger partial charge is 0.342 e. The summed E-state index contributed by atoms with van der Waals surface area (Å²) >= 11 is 0. The van der Waals surface area contributed by atoms with Gasteiger partial charge in [-0.15, -0.1) is 0 Å². The molecular formula is C14H24N2O. The molecule has 3 unspecified atom stereocenters. The van der Waals surface area contributed by atoms with Crippen molar-refractivity contribution >= 4 is 5.91 Å². The van der Waals surface area contributed by atoms with Crippen LogP contribution in [0.15, 0.2) is 0 Å². The van der Waals surface area contributed by atoms with Crippen LogP contribution in [0.3, 0.4) is 0 Å². The molecule has 1 heterocycles. The molecule has 3 atom stereocenters. The summed E-state index contributed by atoms with van der Waals surface area (Å²) in [6.45, 7) is 2.64. The molecule has 0 aromatic carbocycles. The van der Waals surface area contributed by atoms with Crippen molar-refractivity contribution in [1.29, 1.82) is 0 Å². The number of carbonyl (C=O) groups excluding carboxylic acids is 1. The Morgan fingerprint density at radius 2 is 1.82 bits per heavy atom. The van der Waals surface area contributed by atoms with Crippen molar-refractivity contribution in [3.8, 4) is 0 Å². The molecule has 1 amide bonds. The molecule has 96 valence electrons. The van der Waals surface area contributed by atoms with Crippen LogP contribution in [0.2, 0.25) is 0 Å². The minimum Gasteiger partial charge on any atom is -0.342 e. The Morgan fingerprint density at radius 3 is 2.47 bits per heavy atom. The number of carbonyl (C=O) groups is 1. The van der Waals surface area contributed by atoms with Gasteiger partial charge in [-0.1, -0.05) is 12.8 Å². The van der Waals surface area contributed by atoms with Gasteiger partial charge in [-0.05, 0) is 50.0 Å². The van der Waals surface area contributed by atoms with E-state index in [4.69, 9.17) is 5.73 Å². The maximum atomic E-state index is 12.5. The van der Waals surface area contributed by atoms with Gasteiger partial charge in [0.1, 0.15) is 0 Å². The lowest BCUT2D eigenvalue weighted by Crippen LogP contribution is -2.43. The van der Waals surface area contributed by atoms with Crippen molar-refractivity contribution in [3.63, 3.8) is 0 Å². The van der Waals surface area contributed by atoms with Crippen LogP contribution in [-0.2, 0) is 4.79 Å². The molecule has 2 aliphatic carbocycles. The molecule has 1 saturated heterocycles. The number of hydrogen-bond donors (Lipinski definition) is 1. The van der Waals surface area contributed by atoms with Crippen LogP contribution < -0.4 is 5.73 Å². The summed E-state index contributed by atoms with van der Waals surface area (Å²) < 4.78 is 0. The van der Waals surface area contributed by atoms with E-state index in [0.29, 0.717) is 17.7 Å². The number of nitrogens with zero attached hydrogens (tertiary/aromatic N) is 1. The Bertz CT molecular complexity index is 293. The summed E-state index contributed by atoms with van der Waals surface area (Å²) in [4.78, 5) is 14.6. The summed E-state index contributed by atoms with van der Waals surface area (Å²) in [5.41, 5.74) is 5.74. The van der Waals surface area contributed by atoms with Crippen LogP contribution in [-0.4, -0.2) is 30.4 Å². The fourth-order valence-electron chi connectivity index (χ4n) is 4.03. The molecule has 3 rings (SSSR count). The molecule has 3 fully saturated rings. The third kappa shape index (κ3) is 2.10. The van der Waals surface area contributed by atoms with E-state index in [1.165, 1.54) is 32.1 Å². The summed E-state index contributed by atoms with van der Waals surface area (Å²) in [6, 6.07) is 0. The Balaban J connectivity index is 1.59. The highest BCUT2D eigenvalue weighted by atomic mass is 16.2. The molecular weight excluding hydrogens is 212 g/mol. The van der Waals surface area contributed by atoms with E-state index < -0.39 is 0 Å². The zero-order valence-electron chi connectivity index (χ0n) is 10.6. The van der Waals surface area contributed by atoms with Gasteiger partial charge in [-0.2, -0.15) is 0 Å². The fourth-order valence-corrected chi connectivity index (χ4v) is 4.03. The minimum atomic E-state index is 0.397. The first-order chi connectivity index (χ1) is 8.31. The molecule has 0 aromatic heterocycles. The van der Waals surface area contributed by atoms with E-state index in [0.717, 1.165) is 37.9 Å². The zero-order valence-corrected chi connectivity index (χ0v) is 10.6. The quantitative estimate of drug-likeness (QED) is 0.792. The van der Waals surface area contributed by atoms with E-state index in [9.17, 15) is 4.79 Å². The molecule has 2 N–H and O–H groups in total. The number of amides is 1. The molecule has 3 aliphatic rings. The van der Waals surface area contributed by atoms with Crippen LogP contribution in [0.1, 0.15) is 38.5 Å². The minimum absolute atomic E-state index is 0.397. The number of hydrogen-bond acceptors (Lipinski definition) is 2. The Labute approximate surface area is 104 Å². The number of fused-ring (bicyclic) bond motifs is 1. The van der Waals surface area contributed by atoms with Gasteiger partial charge in [0.25, 0.3) is 0 Å². The van der Waals surface area contributed by atoms with Crippen LogP contribution >= 0.6 is 0 Å². The van der Waals surface area contributed by atoms with E-state index >= 15 is 0 Å². The van der Waals surface area contributed by atoms with Gasteiger partial charge in [-0.25, -0.2) is 0 Å². The Morgan fingerprint density at radius 1 is 1.12 bits per heavy atom. The van der Waals surface area contributed by atoms with Gasteiger partial charge in [-0.3, -0.25) is 4.79 Å². The first kappa shape index (κ1) is 11.5. The smallest absolute Gasteiger partial charge is 0.226 e. The normalized spacial score (nSPS) is 40.9. The number of likely N-dealkylation sites (tertiary alicyclic amines) is 1. The van der Waals surface area contributed by atoms with Crippen LogP contribution in [0, 0.1) is 23.7 Å². The number of rotatable bonds is 2. The van der Waals surface area contributed by atoms with E-state index in [1.54, 1.807) is 0 Å². The van der Waals surface area contributed by atoms with Gasteiger partial charge in [0.05, 0.1) is 0 Å². The highest BCUT2D eigenvalue weighted by Gasteiger charge is 2.55. The van der Waals surface area contributed by atoms with Crippen LogP contribution in [0.5, 0.6) is 0 Å². The van der Waals surface area contributed by atoms with E-state index in [2.05, 4.69) is 4.90 Å². The molecule has 3 heteroatoms. The summed E-state index contributed by atoms with van der Waals surface area (Å²) in [5, 5.41) is 0. The lowest BCUT2D eigenvalue weighted by atomic mass is 9.98. The lowest BCUT2D eigenvalue weighted by Gasteiger charge is -2.32. The molecule has 0 bridgehead atoms. The second-order valence-corrected chi connectivity index (χ2v) is 6.17. The standard InChI is InChI=1S/C14H24N2O/c15-8-10-4-3-7-16(9-10)14(17)13-11-5-1-2-6-12(11)13/h10-13H,1-9,15H2. The molecule has 3 nitrogen and oxygen atoms in total. The first-order valence-electron chi connectivity index (χ1n) is 7.30. The fraction of sp³-hybridized carbons (Fsp3) is 0.929. The molecule has 2 saturated carbocycles. The van der Waals surface area contributed by atoms with E-state index in [1.807, 2.05) is 0 Å². The summed E-state index contributed by atoms with van der Waals surface area (Å²) in [7, 11) is 0. The van der Waals surface area contributed by atoms with Gasteiger partial charge < -0.3 is 10.6 Å². The average Bonchev–Trinajstić information content (AvgIpc) is 3.12. The van der Waals surface area contributed by atoms with E-state index in [-0.39, 0.29) is 0 Å². The maximum Gasteiger partial charge on any atom is 0.226 e. The van der Waals surface area contributed by atoms with Crippen LogP contribution in [0.25, 0.3) is 0 Å². The second kappa shape index (κ2) is 4.60. The van der Waals surface area contributed by atoms with Gasteiger partial charge in [0, 0.05) is 19.0 Å². The van der Waals surface area contributed by atoms with Gasteiger partial charge in [0.15, 0.2) is 0 Å². The maximum absolute atomic E-state index is 12.5. The Hall–Kier alpha value is -0.570. The van der Waals surface area contributed by atoms with Crippen molar-refractivity contribution in [3.05, 3.63) is 0 Å². The summed E-state index contributed by atoms with van der Waals surface area (Å²) in [6.07, 6.45) is 7.64. The number of piperidine rings is 1.